The Bertz CT molecular complexity index is 2610. The van der Waals surface area contributed by atoms with Gasteiger partial charge < -0.3 is 34.8 Å². The van der Waals surface area contributed by atoms with Gasteiger partial charge in [-0.25, -0.2) is 4.79 Å². The molecule has 0 aromatic rings. The molecule has 10 heteroatoms. The van der Waals surface area contributed by atoms with Crippen LogP contribution in [0.5, 0.6) is 0 Å². The topological polar surface area (TPSA) is 152 Å². The summed E-state index contributed by atoms with van der Waals surface area (Å²) in [5.41, 5.74) is 4.89. The fourth-order valence-corrected chi connectivity index (χ4v) is 26.7. The molecule has 12 rings (SSSR count). The van der Waals surface area contributed by atoms with Gasteiger partial charge in [0.2, 0.25) is 5.91 Å². The van der Waals surface area contributed by atoms with Crippen LogP contribution in [0.1, 0.15) is 296 Å². The maximum Gasteiger partial charge on any atom is 0.508 e. The van der Waals surface area contributed by atoms with Crippen molar-refractivity contribution >= 4 is 18.0 Å². The van der Waals surface area contributed by atoms with Crippen molar-refractivity contribution in [3.05, 3.63) is 23.3 Å². The summed E-state index contributed by atoms with van der Waals surface area (Å²) in [5, 5.41) is 35.8. The van der Waals surface area contributed by atoms with Crippen molar-refractivity contribution < 1.29 is 43.9 Å². The third-order valence-electron chi connectivity index (χ3n) is 31.9. The fourth-order valence-electron chi connectivity index (χ4n) is 26.7. The Balaban J connectivity index is 0.000000153. The standard InChI is InChI=1S/C29H48O3.C29H48O2.C25H43NO4/c1-19(2)8-7-9-20(3)24-12-13-25-23-11-10-21-18-22(32-27(30)31-6)14-16-28(21,4)26(23)15-17-29(24,25)5;1-19(2)8-7-9-20(3)25-12-13-26-24-11-10-22-18-23(31-21(4)30)14-16-28(22,5)27(24)15-17-29(25,26)6;1-14(5-8-22(30)26-4)17-6-7-18-23-19(13-21(29)25(17,18)3)24(2)10-9-16(27)11-15(24)12-20(23)28/h10,19-20,22-26H,7-9,11-18H2,1-6H3;10,19-20,23-27H,7-9,11-18H2,1-6H3;14-21,23,27-29H,5-13H2,1-4H3,(H,26,30). The lowest BCUT2D eigenvalue weighted by Gasteiger charge is -2.63. The van der Waals surface area contributed by atoms with Crippen molar-refractivity contribution in [2.75, 3.05) is 14.2 Å². The average molecular weight is 1300 g/mol. The third kappa shape index (κ3) is 14.2. The van der Waals surface area contributed by atoms with Crippen molar-refractivity contribution in [1.82, 2.24) is 5.32 Å². The molecule has 0 radical (unpaired) electrons. The molecule has 0 heterocycles. The molecule has 0 aromatic carbocycles. The number of methoxy groups -OCH3 is 1. The molecular weight excluding hydrogens is 1150 g/mol. The van der Waals surface area contributed by atoms with E-state index in [9.17, 15) is 29.7 Å². The van der Waals surface area contributed by atoms with Gasteiger partial charge in [0.1, 0.15) is 12.2 Å². The number of ether oxygens (including phenoxy) is 3. The molecule has 530 valence electrons. The smallest absolute Gasteiger partial charge is 0.462 e. The van der Waals surface area contributed by atoms with E-state index in [-0.39, 0.29) is 59.1 Å². The number of amides is 1. The second kappa shape index (κ2) is 29.4. The van der Waals surface area contributed by atoms with Gasteiger partial charge in [-0.3, -0.25) is 9.59 Å². The van der Waals surface area contributed by atoms with Gasteiger partial charge in [0.15, 0.2) is 0 Å². The van der Waals surface area contributed by atoms with Crippen LogP contribution in [0.4, 0.5) is 4.79 Å². The van der Waals surface area contributed by atoms with Crippen molar-refractivity contribution in [3.8, 4) is 0 Å². The van der Waals surface area contributed by atoms with Crippen LogP contribution in [0, 0.1) is 139 Å². The van der Waals surface area contributed by atoms with E-state index in [0.717, 1.165) is 154 Å². The first-order valence-electron chi connectivity index (χ1n) is 39.5. The molecular formula is C83H139NO9. The molecule has 0 aromatic heterocycles. The van der Waals surface area contributed by atoms with Crippen molar-refractivity contribution in [2.24, 2.45) is 139 Å². The number of carbonyl (C=O) groups excluding carboxylic acids is 3. The largest absolute Gasteiger partial charge is 0.508 e. The monoisotopic (exact) mass is 1290 g/mol. The summed E-state index contributed by atoms with van der Waals surface area (Å²) in [7, 11) is 3.09. The Hall–Kier alpha value is -2.43. The maximum atomic E-state index is 11.8. The molecule has 27 unspecified atom stereocenters. The van der Waals surface area contributed by atoms with E-state index in [2.05, 4.69) is 107 Å². The minimum absolute atomic E-state index is 0.00488. The van der Waals surface area contributed by atoms with Crippen LogP contribution in [0.2, 0.25) is 0 Å². The minimum Gasteiger partial charge on any atom is -0.462 e. The highest BCUT2D eigenvalue weighted by atomic mass is 16.7. The van der Waals surface area contributed by atoms with Crippen LogP contribution in [-0.2, 0) is 23.8 Å². The van der Waals surface area contributed by atoms with Crippen LogP contribution in [0.15, 0.2) is 23.3 Å². The lowest BCUT2D eigenvalue weighted by Crippen LogP contribution is -2.62. The predicted molar refractivity (Wildman–Crippen MR) is 375 cm³/mol. The number of carbonyl (C=O) groups is 3. The molecule has 0 saturated heterocycles. The highest BCUT2D eigenvalue weighted by Crippen LogP contribution is 2.71. The van der Waals surface area contributed by atoms with Gasteiger partial charge in [-0.2, -0.15) is 0 Å². The zero-order valence-electron chi connectivity index (χ0n) is 62.1. The second-order valence-corrected chi connectivity index (χ2v) is 37.2. The Morgan fingerprint density at radius 3 is 1.52 bits per heavy atom. The fraction of sp³-hybridized carbons (Fsp3) is 0.916. The second-order valence-electron chi connectivity index (χ2n) is 37.2. The highest BCUT2D eigenvalue weighted by molar-refractivity contribution is 5.75. The van der Waals surface area contributed by atoms with Crippen LogP contribution < -0.4 is 5.32 Å². The summed E-state index contributed by atoms with van der Waals surface area (Å²) in [4.78, 5) is 34.9. The van der Waals surface area contributed by atoms with Crippen LogP contribution >= 0.6 is 0 Å². The first-order chi connectivity index (χ1) is 44.0. The number of nitrogens with one attached hydrogen (secondary N) is 1. The molecule has 0 aliphatic heterocycles. The number of hydrogen-bond acceptors (Lipinski definition) is 9. The number of rotatable bonds is 16. The van der Waals surface area contributed by atoms with E-state index in [1.165, 1.54) is 116 Å². The van der Waals surface area contributed by atoms with Gasteiger partial charge in [-0.1, -0.05) is 152 Å². The van der Waals surface area contributed by atoms with Gasteiger partial charge in [0.25, 0.3) is 0 Å². The highest BCUT2D eigenvalue weighted by Gasteiger charge is 2.67. The predicted octanol–water partition coefficient (Wildman–Crippen LogP) is 19.2. The minimum atomic E-state index is -0.527. The summed E-state index contributed by atoms with van der Waals surface area (Å²) in [5.74, 6) is 12.6. The average Bonchev–Trinajstić information content (AvgIpc) is 1.71. The number of esters is 1. The molecule has 0 spiro atoms. The molecule has 10 saturated carbocycles. The number of aliphatic hydroxyl groups is 3. The molecule has 1 amide bonds. The van der Waals surface area contributed by atoms with Gasteiger partial charge in [0.05, 0.1) is 25.4 Å². The number of hydrogen-bond donors (Lipinski definition) is 4. The summed E-state index contributed by atoms with van der Waals surface area (Å²) in [6.07, 6.45) is 40.4. The molecule has 10 nitrogen and oxygen atoms in total. The van der Waals surface area contributed by atoms with Gasteiger partial charge in [-0.15, -0.1) is 0 Å². The van der Waals surface area contributed by atoms with Crippen LogP contribution in [0.25, 0.3) is 0 Å². The summed E-state index contributed by atoms with van der Waals surface area (Å²) in [6.45, 7) is 33.5. The van der Waals surface area contributed by atoms with Gasteiger partial charge in [0, 0.05) is 33.2 Å². The normalized spacial score (nSPS) is 45.3. The quantitative estimate of drug-likeness (QED) is 0.0874. The van der Waals surface area contributed by atoms with E-state index < -0.39 is 6.16 Å². The molecule has 10 fully saturated rings. The Kier molecular flexibility index (Phi) is 23.2. The first-order valence-corrected chi connectivity index (χ1v) is 39.5. The number of fused-ring (bicyclic) bond motifs is 15. The molecule has 12 aliphatic carbocycles. The molecule has 4 N–H and O–H groups in total. The third-order valence-corrected chi connectivity index (χ3v) is 31.9. The molecule has 27 atom stereocenters. The maximum absolute atomic E-state index is 11.8. The summed E-state index contributed by atoms with van der Waals surface area (Å²) < 4.78 is 15.9. The van der Waals surface area contributed by atoms with Crippen molar-refractivity contribution in [1.29, 1.82) is 0 Å². The Morgan fingerprint density at radius 2 is 1.02 bits per heavy atom. The van der Waals surface area contributed by atoms with Crippen LogP contribution in [-0.4, -0.2) is 78.0 Å². The zero-order chi connectivity index (χ0) is 67.3. The van der Waals surface area contributed by atoms with E-state index in [0.29, 0.717) is 57.7 Å². The number of aliphatic hydroxyl groups excluding tert-OH is 3. The van der Waals surface area contributed by atoms with E-state index in [1.807, 2.05) is 0 Å². The molecule has 0 bridgehead atoms. The van der Waals surface area contributed by atoms with E-state index >= 15 is 0 Å². The lowest BCUT2D eigenvalue weighted by molar-refractivity contribution is -0.207. The SMILES string of the molecule is CC(=O)OC1CCC2(C)C(=CCC3C2CCC2(C)C(C(C)CCCC(C)C)CCC32)C1.CNC(=O)CCC(C)C1CCC2C3C(O)CC4CC(O)CCC4(C)C3CC(O)C12C.COC(=O)OC1CCC2(C)C(=CCC3C2CCC2(C)C(C(C)CCCC(C)C)CCC32)C1. The van der Waals surface area contributed by atoms with Crippen LogP contribution in [0.3, 0.4) is 0 Å². The Labute approximate surface area is 567 Å². The molecule has 93 heavy (non-hydrogen) atoms. The van der Waals surface area contributed by atoms with E-state index in [4.69, 9.17) is 14.2 Å². The van der Waals surface area contributed by atoms with E-state index in [1.54, 1.807) is 25.1 Å². The zero-order valence-corrected chi connectivity index (χ0v) is 62.1. The van der Waals surface area contributed by atoms with Crippen molar-refractivity contribution in [2.45, 2.75) is 326 Å². The first kappa shape index (κ1) is 73.3. The lowest BCUT2D eigenvalue weighted by atomic mass is 9.43. The number of allylic oxidation sites excluding steroid dienone is 2. The van der Waals surface area contributed by atoms with Gasteiger partial charge >= 0.3 is 12.1 Å². The molecule has 12 aliphatic rings. The summed E-state index contributed by atoms with van der Waals surface area (Å²) >= 11 is 0. The summed E-state index contributed by atoms with van der Waals surface area (Å²) in [6, 6.07) is 0. The Morgan fingerprint density at radius 1 is 0.538 bits per heavy atom. The van der Waals surface area contributed by atoms with Crippen molar-refractivity contribution in [3.63, 3.8) is 0 Å². The van der Waals surface area contributed by atoms with Gasteiger partial charge in [-0.05, 0) is 280 Å².